The summed E-state index contributed by atoms with van der Waals surface area (Å²) in [5.74, 6) is 1.12. The molecule has 2 rings (SSSR count). The summed E-state index contributed by atoms with van der Waals surface area (Å²) < 4.78 is 9.29. The zero-order chi connectivity index (χ0) is 14.0. The molecule has 2 aromatic rings. The molecule has 0 aliphatic rings. The molecular formula is C12H19N5OS. The minimum absolute atomic E-state index is 0.0622. The number of nitrogens with two attached hydrogens (primary N) is 1. The van der Waals surface area contributed by atoms with Crippen molar-refractivity contribution in [2.45, 2.75) is 52.0 Å². The summed E-state index contributed by atoms with van der Waals surface area (Å²) in [6.07, 6.45) is 1.51. The fraction of sp³-hybridized carbons (Fsp3) is 0.667. The van der Waals surface area contributed by atoms with E-state index in [0.717, 1.165) is 17.0 Å². The molecule has 0 amide bonds. The first-order valence-electron chi connectivity index (χ1n) is 6.33. The van der Waals surface area contributed by atoms with Crippen LogP contribution < -0.4 is 5.73 Å². The highest BCUT2D eigenvalue weighted by molar-refractivity contribution is 7.09. The number of hydrogen-bond donors (Lipinski definition) is 1. The average molecular weight is 281 g/mol. The Morgan fingerprint density at radius 1 is 1.37 bits per heavy atom. The maximum atomic E-state index is 5.89. The molecule has 0 spiro atoms. The third-order valence-electron chi connectivity index (χ3n) is 2.83. The molecule has 7 heteroatoms. The molecule has 0 aliphatic carbocycles. The molecule has 1 unspecified atom stereocenters. The van der Waals surface area contributed by atoms with Crippen LogP contribution in [0.4, 0.5) is 0 Å². The molecule has 1 atom stereocenters. The Kier molecular flexibility index (Phi) is 3.96. The van der Waals surface area contributed by atoms with Crippen LogP contribution in [0.1, 0.15) is 45.6 Å². The predicted molar refractivity (Wildman–Crippen MR) is 73.9 cm³/mol. The molecule has 0 saturated carbocycles. The van der Waals surface area contributed by atoms with E-state index < -0.39 is 0 Å². The maximum Gasteiger partial charge on any atom is 0.271 e. The highest BCUT2D eigenvalue weighted by Crippen LogP contribution is 2.32. The first-order chi connectivity index (χ1) is 8.91. The van der Waals surface area contributed by atoms with Gasteiger partial charge in [0.15, 0.2) is 5.82 Å². The van der Waals surface area contributed by atoms with E-state index in [2.05, 4.69) is 40.5 Å². The number of rotatable bonds is 4. The van der Waals surface area contributed by atoms with E-state index in [9.17, 15) is 0 Å². The van der Waals surface area contributed by atoms with Crippen molar-refractivity contribution in [3.8, 4) is 10.8 Å². The van der Waals surface area contributed by atoms with Gasteiger partial charge in [-0.2, -0.15) is 4.98 Å². The average Bonchev–Trinajstić information content (AvgIpc) is 2.94. The third-order valence-corrected chi connectivity index (χ3v) is 3.54. The van der Waals surface area contributed by atoms with Gasteiger partial charge in [0.1, 0.15) is 4.88 Å². The van der Waals surface area contributed by atoms with Gasteiger partial charge in [0.05, 0.1) is 5.69 Å². The van der Waals surface area contributed by atoms with Gasteiger partial charge in [-0.15, -0.1) is 5.10 Å². The summed E-state index contributed by atoms with van der Waals surface area (Å²) in [6, 6.07) is 0.0622. The van der Waals surface area contributed by atoms with Crippen molar-refractivity contribution < 1.29 is 4.52 Å². The van der Waals surface area contributed by atoms with Gasteiger partial charge in [-0.1, -0.05) is 37.3 Å². The fourth-order valence-corrected chi connectivity index (χ4v) is 2.43. The molecule has 0 bridgehead atoms. The molecule has 0 radical (unpaired) electrons. The number of hydrogen-bond acceptors (Lipinski definition) is 7. The minimum Gasteiger partial charge on any atom is -0.333 e. The largest absolute Gasteiger partial charge is 0.333 e. The maximum absolute atomic E-state index is 5.89. The van der Waals surface area contributed by atoms with Crippen molar-refractivity contribution in [2.75, 3.05) is 0 Å². The topological polar surface area (TPSA) is 90.7 Å². The Morgan fingerprint density at radius 2 is 2.11 bits per heavy atom. The van der Waals surface area contributed by atoms with Crippen LogP contribution in [0.15, 0.2) is 4.52 Å². The smallest absolute Gasteiger partial charge is 0.271 e. The monoisotopic (exact) mass is 281 g/mol. The van der Waals surface area contributed by atoms with Gasteiger partial charge in [-0.3, -0.25) is 0 Å². The van der Waals surface area contributed by atoms with Crippen LogP contribution in [0.2, 0.25) is 0 Å². The summed E-state index contributed by atoms with van der Waals surface area (Å²) >= 11 is 1.28. The van der Waals surface area contributed by atoms with E-state index in [1.165, 1.54) is 11.5 Å². The van der Waals surface area contributed by atoms with Gasteiger partial charge < -0.3 is 10.3 Å². The molecule has 19 heavy (non-hydrogen) atoms. The van der Waals surface area contributed by atoms with Crippen molar-refractivity contribution in [3.05, 3.63) is 11.5 Å². The molecule has 2 N–H and O–H groups in total. The van der Waals surface area contributed by atoms with Crippen LogP contribution >= 0.6 is 11.5 Å². The van der Waals surface area contributed by atoms with Gasteiger partial charge in [0.2, 0.25) is 0 Å². The molecule has 0 saturated heterocycles. The van der Waals surface area contributed by atoms with E-state index in [0.29, 0.717) is 18.1 Å². The standard InChI is InChI=1S/C12H19N5OS/c1-5-7(13)6-8-14-11(18-16-8)9-10(12(2,3)4)15-17-19-9/h7H,5-6,13H2,1-4H3. The molecule has 0 fully saturated rings. The lowest BCUT2D eigenvalue weighted by atomic mass is 9.91. The van der Waals surface area contributed by atoms with E-state index >= 15 is 0 Å². The SMILES string of the molecule is CCC(N)Cc1noc(-c2snnc2C(C)(C)C)n1. The Labute approximate surface area is 116 Å². The summed E-state index contributed by atoms with van der Waals surface area (Å²) in [7, 11) is 0. The predicted octanol–water partition coefficient (Wildman–Crippen LogP) is 2.17. The van der Waals surface area contributed by atoms with E-state index in [4.69, 9.17) is 10.3 Å². The van der Waals surface area contributed by atoms with Crippen molar-refractivity contribution in [3.63, 3.8) is 0 Å². The molecule has 6 nitrogen and oxygen atoms in total. The second kappa shape index (κ2) is 5.34. The summed E-state index contributed by atoms with van der Waals surface area (Å²) in [4.78, 5) is 5.23. The van der Waals surface area contributed by atoms with Crippen LogP contribution in [0.25, 0.3) is 10.8 Å². The summed E-state index contributed by atoms with van der Waals surface area (Å²) in [5, 5.41) is 8.13. The van der Waals surface area contributed by atoms with Crippen LogP contribution in [0.5, 0.6) is 0 Å². The molecular weight excluding hydrogens is 262 g/mol. The lowest BCUT2D eigenvalue weighted by molar-refractivity contribution is 0.418. The first kappa shape index (κ1) is 14.1. The first-order valence-corrected chi connectivity index (χ1v) is 7.10. The van der Waals surface area contributed by atoms with E-state index in [-0.39, 0.29) is 11.5 Å². The zero-order valence-corrected chi connectivity index (χ0v) is 12.5. The zero-order valence-electron chi connectivity index (χ0n) is 11.7. The second-order valence-electron chi connectivity index (χ2n) is 5.59. The van der Waals surface area contributed by atoms with E-state index in [1.807, 2.05) is 6.92 Å². The summed E-state index contributed by atoms with van der Waals surface area (Å²) in [5.41, 5.74) is 6.67. The molecule has 2 aromatic heterocycles. The molecule has 104 valence electrons. The summed E-state index contributed by atoms with van der Waals surface area (Å²) in [6.45, 7) is 8.28. The fourth-order valence-electron chi connectivity index (χ4n) is 1.63. The molecule has 0 aliphatic heterocycles. The van der Waals surface area contributed by atoms with Gasteiger partial charge >= 0.3 is 0 Å². The van der Waals surface area contributed by atoms with Crippen LogP contribution in [0.3, 0.4) is 0 Å². The van der Waals surface area contributed by atoms with Crippen molar-refractivity contribution in [1.82, 2.24) is 19.7 Å². The van der Waals surface area contributed by atoms with Gasteiger partial charge in [0.25, 0.3) is 5.89 Å². The lowest BCUT2D eigenvalue weighted by Crippen LogP contribution is -2.21. The van der Waals surface area contributed by atoms with Crippen molar-refractivity contribution in [2.24, 2.45) is 5.73 Å². The Balaban J connectivity index is 2.26. The van der Waals surface area contributed by atoms with Crippen molar-refractivity contribution >= 4 is 11.5 Å². The molecule has 0 aromatic carbocycles. The van der Waals surface area contributed by atoms with E-state index in [1.54, 1.807) is 0 Å². The Hall–Kier alpha value is -1.34. The lowest BCUT2D eigenvalue weighted by Gasteiger charge is -2.14. The van der Waals surface area contributed by atoms with Gasteiger partial charge in [-0.25, -0.2) is 0 Å². The number of aromatic nitrogens is 4. The van der Waals surface area contributed by atoms with Crippen LogP contribution in [0, 0.1) is 0 Å². The highest BCUT2D eigenvalue weighted by Gasteiger charge is 2.26. The minimum atomic E-state index is -0.100. The Bertz CT molecular complexity index is 542. The van der Waals surface area contributed by atoms with Crippen LogP contribution in [-0.4, -0.2) is 25.8 Å². The number of nitrogens with zero attached hydrogens (tertiary/aromatic N) is 4. The van der Waals surface area contributed by atoms with Gasteiger partial charge in [-0.05, 0) is 18.0 Å². The highest BCUT2D eigenvalue weighted by atomic mass is 32.1. The normalized spacial score (nSPS) is 13.7. The molecule has 2 heterocycles. The quantitative estimate of drug-likeness (QED) is 0.923. The van der Waals surface area contributed by atoms with Crippen molar-refractivity contribution in [1.29, 1.82) is 0 Å². The Morgan fingerprint density at radius 3 is 2.74 bits per heavy atom. The third kappa shape index (κ3) is 3.16. The second-order valence-corrected chi connectivity index (χ2v) is 6.34. The van der Waals surface area contributed by atoms with Gasteiger partial charge in [0, 0.05) is 17.9 Å². The van der Waals surface area contributed by atoms with Crippen LogP contribution in [-0.2, 0) is 11.8 Å².